The third kappa shape index (κ3) is 5.17. The molecule has 0 fully saturated rings. The first kappa shape index (κ1) is 18.1. The largest absolute Gasteiger partial charge is 0.755 e. The number of pyridine rings is 1. The van der Waals surface area contributed by atoms with E-state index in [0.717, 1.165) is 11.1 Å². The van der Waals surface area contributed by atoms with Crippen molar-refractivity contribution in [3.05, 3.63) is 59.8 Å². The zero-order chi connectivity index (χ0) is 17.6. The molecule has 1 atom stereocenters. The van der Waals surface area contributed by atoms with Crippen LogP contribution in [0.5, 0.6) is 0 Å². The van der Waals surface area contributed by atoms with Gasteiger partial charge in [-0.2, -0.15) is 0 Å². The summed E-state index contributed by atoms with van der Waals surface area (Å²) in [5.41, 5.74) is 1.28. The molecule has 1 aromatic carbocycles. The topological polar surface area (TPSA) is 68.3 Å². The van der Waals surface area contributed by atoms with Gasteiger partial charge in [-0.1, -0.05) is 30.0 Å². The molecule has 1 aromatic heterocycles. The summed E-state index contributed by atoms with van der Waals surface area (Å²) in [6.45, 7) is 4.13. The molecule has 0 aliphatic heterocycles. The minimum absolute atomic E-state index is 0.279. The van der Waals surface area contributed by atoms with Crippen molar-refractivity contribution in [2.45, 2.75) is 19.4 Å². The van der Waals surface area contributed by atoms with Crippen molar-refractivity contribution < 1.29 is 8.76 Å². The summed E-state index contributed by atoms with van der Waals surface area (Å²) >= 11 is -2.40. The lowest BCUT2D eigenvalue weighted by atomic mass is 10.1. The average molecular weight is 342 g/mol. The Labute approximate surface area is 145 Å². The fourth-order valence-electron chi connectivity index (χ4n) is 1.92. The van der Waals surface area contributed by atoms with E-state index in [1.807, 2.05) is 44.2 Å². The van der Waals surface area contributed by atoms with Crippen molar-refractivity contribution in [3.8, 4) is 11.8 Å². The average Bonchev–Trinajstić information content (AvgIpc) is 2.59. The van der Waals surface area contributed by atoms with Crippen molar-refractivity contribution in [2.24, 2.45) is 0 Å². The van der Waals surface area contributed by atoms with Gasteiger partial charge in [-0.15, -0.1) is 0 Å². The van der Waals surface area contributed by atoms with Gasteiger partial charge in [0.05, 0.1) is 0 Å². The Balaban J connectivity index is 2.18. The summed E-state index contributed by atoms with van der Waals surface area (Å²) < 4.78 is 24.3. The fraction of sp³-hybridized carbons (Fsp3) is 0.278. The van der Waals surface area contributed by atoms with Crippen LogP contribution in [0, 0.1) is 11.8 Å². The van der Waals surface area contributed by atoms with Crippen molar-refractivity contribution in [2.75, 3.05) is 17.9 Å². The molecule has 1 heterocycles. The molecule has 2 aromatic rings. The molecular weight excluding hydrogens is 322 g/mol. The van der Waals surface area contributed by atoms with Gasteiger partial charge in [-0.05, 0) is 45.2 Å². The van der Waals surface area contributed by atoms with Crippen LogP contribution in [0.4, 0.5) is 5.82 Å². The van der Waals surface area contributed by atoms with Gasteiger partial charge in [-0.3, -0.25) is 8.51 Å². The SMILES string of the molecule is CNC(C)(C)CN(c1ccc(C#Cc2ccccc2)cn1)S(=O)[O-]. The predicted octanol–water partition coefficient (Wildman–Crippen LogP) is 2.08. The molecule has 0 aliphatic carbocycles. The second-order valence-electron chi connectivity index (χ2n) is 5.91. The maximum absolute atomic E-state index is 11.5. The van der Waals surface area contributed by atoms with Crippen LogP contribution in [0.2, 0.25) is 0 Å². The van der Waals surface area contributed by atoms with Crippen LogP contribution in [0.3, 0.4) is 0 Å². The fourth-order valence-corrected chi connectivity index (χ4v) is 2.61. The lowest BCUT2D eigenvalue weighted by Crippen LogP contribution is -2.48. The minimum atomic E-state index is -2.40. The van der Waals surface area contributed by atoms with Crippen LogP contribution in [0.25, 0.3) is 0 Å². The van der Waals surface area contributed by atoms with Gasteiger partial charge in [0.25, 0.3) is 0 Å². The zero-order valence-corrected chi connectivity index (χ0v) is 14.8. The van der Waals surface area contributed by atoms with Crippen LogP contribution in [0.1, 0.15) is 25.0 Å². The van der Waals surface area contributed by atoms with E-state index in [0.29, 0.717) is 5.82 Å². The summed E-state index contributed by atoms with van der Waals surface area (Å²) in [5, 5.41) is 3.08. The Hall–Kier alpha value is -2.20. The van der Waals surface area contributed by atoms with E-state index in [9.17, 15) is 8.76 Å². The van der Waals surface area contributed by atoms with E-state index in [4.69, 9.17) is 0 Å². The Kier molecular flexibility index (Phi) is 6.10. The Morgan fingerprint density at radius 3 is 2.38 bits per heavy atom. The van der Waals surface area contributed by atoms with Gasteiger partial charge in [-0.25, -0.2) is 4.98 Å². The third-order valence-electron chi connectivity index (χ3n) is 3.52. The van der Waals surface area contributed by atoms with Gasteiger partial charge >= 0.3 is 0 Å². The number of nitrogens with one attached hydrogen (secondary N) is 1. The number of rotatable bonds is 5. The minimum Gasteiger partial charge on any atom is -0.755 e. The summed E-state index contributed by atoms with van der Waals surface area (Å²) in [6, 6.07) is 13.1. The molecule has 0 amide bonds. The molecule has 5 nitrogen and oxygen atoms in total. The van der Waals surface area contributed by atoms with E-state index in [-0.39, 0.29) is 12.1 Å². The van der Waals surface area contributed by atoms with Crippen molar-refractivity contribution in [1.29, 1.82) is 0 Å². The molecule has 126 valence electrons. The number of benzene rings is 1. The van der Waals surface area contributed by atoms with E-state index in [2.05, 4.69) is 22.1 Å². The molecule has 0 saturated carbocycles. The molecule has 24 heavy (non-hydrogen) atoms. The Bertz CT molecular complexity index is 749. The number of anilines is 1. The van der Waals surface area contributed by atoms with Gasteiger partial charge in [0.1, 0.15) is 5.82 Å². The molecule has 0 bridgehead atoms. The molecule has 0 aliphatic rings. The summed E-state index contributed by atoms with van der Waals surface area (Å²) in [5.74, 6) is 6.43. The van der Waals surface area contributed by atoms with E-state index < -0.39 is 11.3 Å². The highest BCUT2D eigenvalue weighted by Gasteiger charge is 2.21. The lowest BCUT2D eigenvalue weighted by Gasteiger charge is -2.33. The van der Waals surface area contributed by atoms with E-state index >= 15 is 0 Å². The second-order valence-corrected chi connectivity index (χ2v) is 6.78. The van der Waals surface area contributed by atoms with Crippen molar-refractivity contribution in [1.82, 2.24) is 10.3 Å². The van der Waals surface area contributed by atoms with Crippen LogP contribution < -0.4 is 9.62 Å². The summed E-state index contributed by atoms with van der Waals surface area (Å²) in [7, 11) is 1.79. The smallest absolute Gasteiger partial charge is 0.139 e. The molecular formula is C18H20N3O2S-. The normalized spacial score (nSPS) is 12.2. The maximum Gasteiger partial charge on any atom is 0.139 e. The molecule has 0 spiro atoms. The van der Waals surface area contributed by atoms with Gasteiger partial charge < -0.3 is 9.87 Å². The van der Waals surface area contributed by atoms with Crippen LogP contribution in [-0.2, 0) is 11.3 Å². The van der Waals surface area contributed by atoms with Crippen molar-refractivity contribution >= 4 is 17.1 Å². The van der Waals surface area contributed by atoms with Gasteiger partial charge in [0, 0.05) is 40.7 Å². The predicted molar refractivity (Wildman–Crippen MR) is 96.1 cm³/mol. The number of hydrogen-bond acceptors (Lipinski definition) is 4. The highest BCUT2D eigenvalue weighted by atomic mass is 32.2. The first-order valence-corrected chi connectivity index (χ1v) is 8.53. The monoisotopic (exact) mass is 342 g/mol. The van der Waals surface area contributed by atoms with E-state index in [1.54, 1.807) is 25.4 Å². The molecule has 6 heteroatoms. The van der Waals surface area contributed by atoms with Crippen LogP contribution >= 0.6 is 0 Å². The Morgan fingerprint density at radius 2 is 1.83 bits per heavy atom. The van der Waals surface area contributed by atoms with Crippen LogP contribution in [-0.4, -0.2) is 32.9 Å². The number of hydrogen-bond donors (Lipinski definition) is 1. The Morgan fingerprint density at radius 1 is 1.17 bits per heavy atom. The lowest BCUT2D eigenvalue weighted by molar-refractivity contribution is 0.429. The first-order valence-electron chi connectivity index (χ1n) is 7.50. The van der Waals surface area contributed by atoms with Crippen molar-refractivity contribution in [3.63, 3.8) is 0 Å². The van der Waals surface area contributed by atoms with Crippen LogP contribution in [0.15, 0.2) is 48.7 Å². The highest BCUT2D eigenvalue weighted by Crippen LogP contribution is 2.16. The second kappa shape index (κ2) is 8.06. The van der Waals surface area contributed by atoms with E-state index in [1.165, 1.54) is 4.31 Å². The standard InChI is InChI=1S/C18H21N3O2S/c1-18(2,19-3)14-21(24(22)23)17-12-11-16(13-20-17)10-9-15-7-5-4-6-8-15/h4-8,11-13,19H,14H2,1-3H3,(H,22,23)/p-1. The number of aromatic nitrogens is 1. The molecule has 2 rings (SSSR count). The summed E-state index contributed by atoms with van der Waals surface area (Å²) in [6.07, 6.45) is 1.58. The highest BCUT2D eigenvalue weighted by molar-refractivity contribution is 7.80. The quantitative estimate of drug-likeness (QED) is 0.667. The van der Waals surface area contributed by atoms with Gasteiger partial charge in [0.2, 0.25) is 0 Å². The molecule has 1 unspecified atom stereocenters. The summed E-state index contributed by atoms with van der Waals surface area (Å²) in [4.78, 5) is 4.23. The molecule has 0 saturated heterocycles. The third-order valence-corrected chi connectivity index (χ3v) is 4.20. The number of likely N-dealkylation sites (N-methyl/N-ethyl adjacent to an activating group) is 1. The maximum atomic E-state index is 11.5. The van der Waals surface area contributed by atoms with Gasteiger partial charge in [0.15, 0.2) is 0 Å². The first-order chi connectivity index (χ1) is 11.4. The zero-order valence-electron chi connectivity index (χ0n) is 13.9. The molecule has 1 N–H and O–H groups in total. The molecule has 0 radical (unpaired) electrons. The number of nitrogens with zero attached hydrogens (tertiary/aromatic N) is 2.